The number of hydrogen-bond acceptors (Lipinski definition) is 5. The zero-order chi connectivity index (χ0) is 17.7. The molecule has 0 fully saturated rings. The van der Waals surface area contributed by atoms with Crippen LogP contribution in [0.1, 0.15) is 5.56 Å². The van der Waals surface area contributed by atoms with Crippen molar-refractivity contribution in [3.63, 3.8) is 0 Å². The van der Waals surface area contributed by atoms with E-state index < -0.39 is 0 Å². The maximum absolute atomic E-state index is 12.5. The molecule has 0 amide bonds. The normalized spacial score (nSPS) is 11.2. The van der Waals surface area contributed by atoms with E-state index in [2.05, 4.69) is 21.7 Å². The van der Waals surface area contributed by atoms with E-state index >= 15 is 0 Å². The Balaban J connectivity index is 2.58. The van der Waals surface area contributed by atoms with Crippen molar-refractivity contribution < 1.29 is 9.47 Å². The lowest BCUT2D eigenvalue weighted by atomic mass is 10.0. The third-order valence-electron chi connectivity index (χ3n) is 3.40. The summed E-state index contributed by atoms with van der Waals surface area (Å²) in [6, 6.07) is 7.11. The van der Waals surface area contributed by atoms with Gasteiger partial charge in [-0.2, -0.15) is 0 Å². The van der Waals surface area contributed by atoms with Crippen LogP contribution in [0.5, 0.6) is 11.5 Å². The minimum absolute atomic E-state index is 0.251. The first-order valence-electron chi connectivity index (χ1n) is 7.09. The Morgan fingerprint density at radius 1 is 1.17 bits per heavy atom. The molecule has 1 N–H and O–H groups in total. The number of aryl methyl sites for hydroxylation is 1. The Kier molecular flexibility index (Phi) is 5.81. The number of nitrogens with zero attached hydrogens (tertiary/aromatic N) is 2. The maximum Gasteiger partial charge on any atom is 0.257 e. The summed E-state index contributed by atoms with van der Waals surface area (Å²) in [5.41, 5.74) is 1.79. The summed E-state index contributed by atoms with van der Waals surface area (Å²) in [5.74, 6) is 1.70. The van der Waals surface area contributed by atoms with E-state index in [1.54, 1.807) is 38.5 Å². The SMILES string of the molecule is C=NC(=Nc1[nH]c(=O)c(-c2cc(OC)cc(OC)c2)cc1C)SC. The smallest absolute Gasteiger partial charge is 0.257 e. The number of rotatable bonds is 4. The molecule has 1 aromatic carbocycles. The van der Waals surface area contributed by atoms with Gasteiger partial charge in [0.25, 0.3) is 5.56 Å². The molecule has 1 heterocycles. The molecule has 24 heavy (non-hydrogen) atoms. The van der Waals surface area contributed by atoms with Gasteiger partial charge in [0, 0.05) is 11.6 Å². The van der Waals surface area contributed by atoms with Crippen molar-refractivity contribution >= 4 is 29.5 Å². The number of thioether (sulfide) groups is 1. The van der Waals surface area contributed by atoms with Crippen LogP contribution in [0.4, 0.5) is 5.82 Å². The van der Waals surface area contributed by atoms with Gasteiger partial charge in [-0.1, -0.05) is 11.8 Å². The van der Waals surface area contributed by atoms with Crippen LogP contribution in [-0.4, -0.2) is 37.3 Å². The Morgan fingerprint density at radius 2 is 1.79 bits per heavy atom. The van der Waals surface area contributed by atoms with Gasteiger partial charge < -0.3 is 14.5 Å². The molecular weight excluding hydrogens is 326 g/mol. The molecule has 0 aliphatic rings. The standard InChI is InChI=1S/C17H19N3O3S/c1-10-6-14(11-7-12(22-3)9-13(8-11)23-4)16(21)19-15(10)20-17(18-2)24-5/h6-9H,2H2,1,3-5H3,(H,19,21). The van der Waals surface area contributed by atoms with Gasteiger partial charge in [-0.25, -0.2) is 9.98 Å². The van der Waals surface area contributed by atoms with Gasteiger partial charge >= 0.3 is 0 Å². The number of hydrogen-bond donors (Lipinski definition) is 1. The van der Waals surface area contributed by atoms with Gasteiger partial charge in [0.15, 0.2) is 5.17 Å². The van der Waals surface area contributed by atoms with Crippen LogP contribution in [0.2, 0.25) is 0 Å². The quantitative estimate of drug-likeness (QED) is 0.680. The zero-order valence-corrected chi connectivity index (χ0v) is 14.9. The van der Waals surface area contributed by atoms with Crippen molar-refractivity contribution in [2.45, 2.75) is 6.92 Å². The molecule has 0 bridgehead atoms. The molecule has 126 valence electrons. The third-order valence-corrected chi connectivity index (χ3v) is 3.98. The molecule has 0 unspecified atom stereocenters. The summed E-state index contributed by atoms with van der Waals surface area (Å²) in [4.78, 5) is 23.4. The highest BCUT2D eigenvalue weighted by Crippen LogP contribution is 2.29. The van der Waals surface area contributed by atoms with Gasteiger partial charge in [0.2, 0.25) is 0 Å². The molecule has 0 saturated heterocycles. The first-order valence-corrected chi connectivity index (χ1v) is 8.31. The van der Waals surface area contributed by atoms with Crippen LogP contribution < -0.4 is 15.0 Å². The average Bonchev–Trinajstić information content (AvgIpc) is 2.61. The number of nitrogens with one attached hydrogen (secondary N) is 1. The van der Waals surface area contributed by atoms with Crippen LogP contribution in [0.25, 0.3) is 11.1 Å². The monoisotopic (exact) mass is 345 g/mol. The number of H-pyrrole nitrogens is 1. The number of ether oxygens (including phenoxy) is 2. The van der Waals surface area contributed by atoms with E-state index in [4.69, 9.17) is 9.47 Å². The summed E-state index contributed by atoms with van der Waals surface area (Å²) in [6.07, 6.45) is 1.85. The van der Waals surface area contributed by atoms with Crippen LogP contribution in [0.15, 0.2) is 39.0 Å². The summed E-state index contributed by atoms with van der Waals surface area (Å²) in [7, 11) is 3.14. The Morgan fingerprint density at radius 3 is 2.29 bits per heavy atom. The fraction of sp³-hybridized carbons (Fsp3) is 0.235. The minimum atomic E-state index is -0.251. The molecule has 0 aliphatic carbocycles. The zero-order valence-electron chi connectivity index (χ0n) is 14.0. The number of benzene rings is 1. The van der Waals surface area contributed by atoms with Gasteiger partial charge in [-0.15, -0.1) is 0 Å². The van der Waals surface area contributed by atoms with Crippen LogP contribution in [0, 0.1) is 6.92 Å². The van der Waals surface area contributed by atoms with Crippen molar-refractivity contribution in [1.82, 2.24) is 4.98 Å². The molecule has 7 heteroatoms. The second-order valence-corrected chi connectivity index (χ2v) is 5.68. The average molecular weight is 345 g/mol. The van der Waals surface area contributed by atoms with Crippen LogP contribution in [-0.2, 0) is 0 Å². The van der Waals surface area contributed by atoms with Crippen molar-refractivity contribution in [2.75, 3.05) is 20.5 Å². The Hall–Kier alpha value is -2.54. The van der Waals surface area contributed by atoms with E-state index in [1.807, 2.05) is 13.2 Å². The second kappa shape index (κ2) is 7.83. The highest BCUT2D eigenvalue weighted by atomic mass is 32.2. The largest absolute Gasteiger partial charge is 0.497 e. The molecule has 6 nitrogen and oxygen atoms in total. The van der Waals surface area contributed by atoms with E-state index in [9.17, 15) is 4.79 Å². The van der Waals surface area contributed by atoms with E-state index in [1.165, 1.54) is 11.8 Å². The fourth-order valence-corrected chi connectivity index (χ4v) is 2.47. The Bertz CT molecular complexity index is 821. The minimum Gasteiger partial charge on any atom is -0.497 e. The molecule has 2 rings (SSSR count). The van der Waals surface area contributed by atoms with E-state index in [0.717, 1.165) is 5.56 Å². The number of aromatic nitrogens is 1. The summed E-state index contributed by atoms with van der Waals surface area (Å²) >= 11 is 1.36. The molecule has 2 aromatic rings. The van der Waals surface area contributed by atoms with Crippen molar-refractivity contribution in [2.24, 2.45) is 9.98 Å². The van der Waals surface area contributed by atoms with Gasteiger partial charge in [0.05, 0.1) is 14.2 Å². The number of amidine groups is 1. The maximum atomic E-state index is 12.5. The predicted molar refractivity (Wildman–Crippen MR) is 100 cm³/mol. The van der Waals surface area contributed by atoms with Gasteiger partial charge in [0.1, 0.15) is 17.3 Å². The number of aliphatic imine (C=N–C) groups is 2. The molecule has 0 aliphatic heterocycles. The first kappa shape index (κ1) is 17.8. The predicted octanol–water partition coefficient (Wildman–Crippen LogP) is 3.42. The summed E-state index contributed by atoms with van der Waals surface area (Å²) in [5, 5.41) is 0.490. The van der Waals surface area contributed by atoms with E-state index in [-0.39, 0.29) is 5.56 Å². The molecule has 0 spiro atoms. The van der Waals surface area contributed by atoms with E-state index in [0.29, 0.717) is 33.6 Å². The van der Waals surface area contributed by atoms with Crippen LogP contribution in [0.3, 0.4) is 0 Å². The number of methoxy groups -OCH3 is 2. The van der Waals surface area contributed by atoms with Crippen LogP contribution >= 0.6 is 11.8 Å². The molecule has 0 saturated carbocycles. The molecular formula is C17H19N3O3S. The summed E-state index contributed by atoms with van der Waals surface area (Å²) < 4.78 is 10.5. The second-order valence-electron chi connectivity index (χ2n) is 4.90. The highest BCUT2D eigenvalue weighted by molar-refractivity contribution is 8.13. The topological polar surface area (TPSA) is 76.0 Å². The van der Waals surface area contributed by atoms with Crippen molar-refractivity contribution in [3.8, 4) is 22.6 Å². The van der Waals surface area contributed by atoms with Gasteiger partial charge in [-0.05, 0) is 49.2 Å². The first-order chi connectivity index (χ1) is 11.5. The molecule has 1 aromatic heterocycles. The molecule has 0 radical (unpaired) electrons. The van der Waals surface area contributed by atoms with Crippen molar-refractivity contribution in [1.29, 1.82) is 0 Å². The number of pyridine rings is 1. The number of aromatic amines is 1. The molecule has 0 atom stereocenters. The third kappa shape index (κ3) is 3.86. The summed E-state index contributed by atoms with van der Waals surface area (Å²) in [6.45, 7) is 5.33. The lowest BCUT2D eigenvalue weighted by Gasteiger charge is -2.10. The fourth-order valence-electron chi connectivity index (χ4n) is 2.16. The van der Waals surface area contributed by atoms with Crippen molar-refractivity contribution in [3.05, 3.63) is 40.2 Å². The van der Waals surface area contributed by atoms with Gasteiger partial charge in [-0.3, -0.25) is 4.79 Å². The lowest BCUT2D eigenvalue weighted by molar-refractivity contribution is 0.394. The Labute approximate surface area is 144 Å². The highest BCUT2D eigenvalue weighted by Gasteiger charge is 2.11. The lowest BCUT2D eigenvalue weighted by Crippen LogP contribution is -2.10.